The highest BCUT2D eigenvalue weighted by molar-refractivity contribution is 7.80. The molecule has 0 aliphatic carbocycles. The molecule has 6 heteroatoms. The van der Waals surface area contributed by atoms with Gasteiger partial charge in [0.25, 0.3) is 0 Å². The maximum absolute atomic E-state index is 5.94. The summed E-state index contributed by atoms with van der Waals surface area (Å²) in [7, 11) is 0. The zero-order valence-electron chi connectivity index (χ0n) is 22.3. The minimum absolute atomic E-state index is 0.0257. The van der Waals surface area contributed by atoms with Crippen LogP contribution in [0.1, 0.15) is 41.1 Å². The molecular weight excluding hydrogens is 498 g/mol. The van der Waals surface area contributed by atoms with Gasteiger partial charge in [-0.05, 0) is 79.8 Å². The number of nitrogens with zero attached hydrogens (tertiary/aromatic N) is 3. The summed E-state index contributed by atoms with van der Waals surface area (Å²) in [6, 6.07) is 33.9. The molecule has 1 saturated heterocycles. The standard InChI is InChI=1S/C33H33N5S/c1-23-22-28(24(2)38(23)30-18-10-13-25-12-6-7-16-27(25)30)32-31(29-17-8-9-19-35-29)36-33(39)37(32)21-11-20-34-26-14-4-3-5-15-26/h3-10,12-19,22,31-32,34H,11,20-21H2,1-2H3,(H,36,39)/t31-,32+/m0/s1. The number of aryl methyl sites for hydroxylation is 1. The normalized spacial score (nSPS) is 17.0. The van der Waals surface area contributed by atoms with Crippen molar-refractivity contribution in [2.24, 2.45) is 0 Å². The van der Waals surface area contributed by atoms with Crippen LogP contribution in [0.3, 0.4) is 0 Å². The van der Waals surface area contributed by atoms with E-state index in [1.54, 1.807) is 0 Å². The first kappa shape index (κ1) is 25.1. The van der Waals surface area contributed by atoms with Crippen molar-refractivity contribution in [3.63, 3.8) is 0 Å². The Morgan fingerprint density at radius 2 is 1.67 bits per heavy atom. The van der Waals surface area contributed by atoms with Crippen LogP contribution in [0.5, 0.6) is 0 Å². The quantitative estimate of drug-likeness (QED) is 0.165. The lowest BCUT2D eigenvalue weighted by Crippen LogP contribution is -2.31. The second-order valence-corrected chi connectivity index (χ2v) is 10.5. The minimum atomic E-state index is -0.0257. The highest BCUT2D eigenvalue weighted by Gasteiger charge is 2.41. The van der Waals surface area contributed by atoms with Gasteiger partial charge in [-0.2, -0.15) is 0 Å². The summed E-state index contributed by atoms with van der Waals surface area (Å²) < 4.78 is 2.39. The van der Waals surface area contributed by atoms with Crippen LogP contribution in [0, 0.1) is 13.8 Å². The minimum Gasteiger partial charge on any atom is -0.385 e. The van der Waals surface area contributed by atoms with Gasteiger partial charge in [0.1, 0.15) is 0 Å². The molecule has 0 bridgehead atoms. The first-order valence-corrected chi connectivity index (χ1v) is 14.0. The van der Waals surface area contributed by atoms with Crippen LogP contribution in [0.4, 0.5) is 5.69 Å². The Kier molecular flexibility index (Phi) is 7.03. The van der Waals surface area contributed by atoms with Crippen molar-refractivity contribution in [1.82, 2.24) is 19.8 Å². The molecule has 3 aromatic carbocycles. The third-order valence-electron chi connectivity index (χ3n) is 7.67. The van der Waals surface area contributed by atoms with E-state index in [4.69, 9.17) is 17.2 Å². The van der Waals surface area contributed by atoms with E-state index in [1.165, 1.54) is 33.4 Å². The van der Waals surface area contributed by atoms with Crippen LogP contribution in [-0.4, -0.2) is 32.7 Å². The van der Waals surface area contributed by atoms with Crippen molar-refractivity contribution >= 4 is 33.8 Å². The predicted octanol–water partition coefficient (Wildman–Crippen LogP) is 7.12. The Balaban J connectivity index is 1.36. The number of benzene rings is 3. The molecule has 1 fully saturated rings. The van der Waals surface area contributed by atoms with Crippen molar-refractivity contribution in [3.8, 4) is 5.69 Å². The van der Waals surface area contributed by atoms with E-state index in [0.29, 0.717) is 0 Å². The van der Waals surface area contributed by atoms with Gasteiger partial charge in [0.15, 0.2) is 5.11 Å². The van der Waals surface area contributed by atoms with Crippen LogP contribution in [0.25, 0.3) is 16.5 Å². The van der Waals surface area contributed by atoms with Crippen molar-refractivity contribution < 1.29 is 0 Å². The molecule has 1 aliphatic heterocycles. The molecule has 0 saturated carbocycles. The highest BCUT2D eigenvalue weighted by Crippen LogP contribution is 2.42. The zero-order chi connectivity index (χ0) is 26.8. The highest BCUT2D eigenvalue weighted by atomic mass is 32.1. The van der Waals surface area contributed by atoms with E-state index in [2.05, 4.69) is 119 Å². The molecule has 196 valence electrons. The number of thiocarbonyl (C=S) groups is 1. The van der Waals surface area contributed by atoms with Crippen LogP contribution in [0.15, 0.2) is 103 Å². The van der Waals surface area contributed by atoms with Gasteiger partial charge in [-0.3, -0.25) is 4.98 Å². The summed E-state index contributed by atoms with van der Waals surface area (Å²) in [6.07, 6.45) is 2.83. The van der Waals surface area contributed by atoms with Gasteiger partial charge >= 0.3 is 0 Å². The van der Waals surface area contributed by atoms with Crippen molar-refractivity contribution in [3.05, 3.63) is 126 Å². The number of hydrogen-bond acceptors (Lipinski definition) is 3. The Hall–Kier alpha value is -4.16. The fraction of sp³-hybridized carbons (Fsp3) is 0.212. The largest absolute Gasteiger partial charge is 0.385 e. The Morgan fingerprint density at radius 3 is 2.49 bits per heavy atom. The lowest BCUT2D eigenvalue weighted by atomic mass is 9.96. The van der Waals surface area contributed by atoms with E-state index in [1.807, 2.05) is 18.3 Å². The number of hydrogen-bond donors (Lipinski definition) is 2. The molecule has 5 aromatic rings. The summed E-state index contributed by atoms with van der Waals surface area (Å²) in [5, 5.41) is 10.4. The van der Waals surface area contributed by atoms with E-state index in [9.17, 15) is 0 Å². The topological polar surface area (TPSA) is 45.1 Å². The van der Waals surface area contributed by atoms with Crippen molar-refractivity contribution in [2.45, 2.75) is 32.4 Å². The molecule has 0 radical (unpaired) electrons. The zero-order valence-corrected chi connectivity index (χ0v) is 23.2. The van der Waals surface area contributed by atoms with Crippen LogP contribution in [0.2, 0.25) is 0 Å². The van der Waals surface area contributed by atoms with E-state index in [0.717, 1.165) is 36.0 Å². The van der Waals surface area contributed by atoms with E-state index < -0.39 is 0 Å². The maximum atomic E-state index is 5.94. The Labute approximate surface area is 235 Å². The Bertz CT molecular complexity index is 1590. The summed E-state index contributed by atoms with van der Waals surface area (Å²) in [5.74, 6) is 0. The predicted molar refractivity (Wildman–Crippen MR) is 164 cm³/mol. The number of fused-ring (bicyclic) bond motifs is 1. The van der Waals surface area contributed by atoms with Gasteiger partial charge in [-0.25, -0.2) is 0 Å². The molecule has 2 aromatic heterocycles. The molecule has 3 heterocycles. The summed E-state index contributed by atoms with van der Waals surface area (Å²) in [5.41, 5.74) is 7.07. The summed E-state index contributed by atoms with van der Waals surface area (Å²) >= 11 is 5.94. The fourth-order valence-electron chi connectivity index (χ4n) is 5.88. The third-order valence-corrected chi connectivity index (χ3v) is 8.03. The maximum Gasteiger partial charge on any atom is 0.170 e. The van der Waals surface area contributed by atoms with Gasteiger partial charge < -0.3 is 20.1 Å². The fourth-order valence-corrected chi connectivity index (χ4v) is 6.22. The second-order valence-electron chi connectivity index (χ2n) is 10.1. The van der Waals surface area contributed by atoms with Crippen molar-refractivity contribution in [2.75, 3.05) is 18.4 Å². The van der Waals surface area contributed by atoms with E-state index >= 15 is 0 Å². The monoisotopic (exact) mass is 531 g/mol. The number of para-hydroxylation sites is 1. The number of anilines is 1. The number of aromatic nitrogens is 2. The molecule has 6 rings (SSSR count). The van der Waals surface area contributed by atoms with Crippen LogP contribution >= 0.6 is 12.2 Å². The first-order chi connectivity index (χ1) is 19.1. The SMILES string of the molecule is Cc1cc([C@@H]2[C@H](c3ccccn3)NC(=S)N2CCCNc2ccccc2)c(C)n1-c1cccc2ccccc12. The third kappa shape index (κ3) is 4.88. The van der Waals surface area contributed by atoms with E-state index in [-0.39, 0.29) is 12.1 Å². The molecule has 0 spiro atoms. The number of pyridine rings is 1. The van der Waals surface area contributed by atoms with Gasteiger partial charge in [0.05, 0.1) is 23.5 Å². The number of nitrogens with one attached hydrogen (secondary N) is 2. The Morgan fingerprint density at radius 1 is 0.897 bits per heavy atom. The summed E-state index contributed by atoms with van der Waals surface area (Å²) in [4.78, 5) is 7.09. The molecule has 2 N–H and O–H groups in total. The van der Waals surface area contributed by atoms with Gasteiger partial charge in [-0.15, -0.1) is 0 Å². The molecular formula is C33H33N5S. The molecule has 1 aliphatic rings. The van der Waals surface area contributed by atoms with Gasteiger partial charge in [0, 0.05) is 41.7 Å². The molecule has 5 nitrogen and oxygen atoms in total. The summed E-state index contributed by atoms with van der Waals surface area (Å²) in [6.45, 7) is 6.15. The first-order valence-electron chi connectivity index (χ1n) is 13.6. The van der Waals surface area contributed by atoms with Crippen molar-refractivity contribution in [1.29, 1.82) is 0 Å². The van der Waals surface area contributed by atoms with Crippen LogP contribution < -0.4 is 10.6 Å². The molecule has 2 atom stereocenters. The molecule has 0 amide bonds. The number of rotatable bonds is 8. The second kappa shape index (κ2) is 10.9. The van der Waals surface area contributed by atoms with Gasteiger partial charge in [0.2, 0.25) is 0 Å². The molecule has 0 unspecified atom stereocenters. The smallest absolute Gasteiger partial charge is 0.170 e. The van der Waals surface area contributed by atoms with Gasteiger partial charge in [-0.1, -0.05) is 60.7 Å². The van der Waals surface area contributed by atoms with Crippen LogP contribution in [-0.2, 0) is 0 Å². The lowest BCUT2D eigenvalue weighted by Gasteiger charge is -2.28. The lowest BCUT2D eigenvalue weighted by molar-refractivity contribution is 0.315. The molecule has 39 heavy (non-hydrogen) atoms. The average molecular weight is 532 g/mol. The average Bonchev–Trinajstić information content (AvgIpc) is 3.46.